The highest BCUT2D eigenvalue weighted by atomic mass is 35.5. The van der Waals surface area contributed by atoms with Crippen molar-refractivity contribution in [2.24, 2.45) is 11.7 Å². The van der Waals surface area contributed by atoms with Crippen LogP contribution in [0.3, 0.4) is 0 Å². The maximum Gasteiger partial charge on any atom is 0.227 e. The summed E-state index contributed by atoms with van der Waals surface area (Å²) in [6.45, 7) is 4.95. The van der Waals surface area contributed by atoms with Gasteiger partial charge in [0.1, 0.15) is 0 Å². The summed E-state index contributed by atoms with van der Waals surface area (Å²) in [7, 11) is 0. The molecule has 2 aliphatic rings. The van der Waals surface area contributed by atoms with Gasteiger partial charge in [-0.2, -0.15) is 0 Å². The number of anilines is 2. The Morgan fingerprint density at radius 1 is 1.23 bits per heavy atom. The first-order valence-electron chi connectivity index (χ1n) is 8.82. The Labute approximate surface area is 157 Å². The SMILES string of the molecule is CCC(=O)N1CCN(c2ccc(N3C[C@@H](C(N)=O)CC3=O)cc2Cl)CC1. The van der Waals surface area contributed by atoms with Crippen LogP contribution in [-0.4, -0.2) is 55.3 Å². The van der Waals surface area contributed by atoms with Crippen LogP contribution in [0.2, 0.25) is 5.02 Å². The quantitative estimate of drug-likeness (QED) is 0.853. The Kier molecular flexibility index (Phi) is 5.36. The summed E-state index contributed by atoms with van der Waals surface area (Å²) >= 11 is 6.46. The summed E-state index contributed by atoms with van der Waals surface area (Å²) in [4.78, 5) is 40.8. The highest BCUT2D eigenvalue weighted by Crippen LogP contribution is 2.33. The Balaban J connectivity index is 1.70. The highest BCUT2D eigenvalue weighted by Gasteiger charge is 2.34. The summed E-state index contributed by atoms with van der Waals surface area (Å²) in [6, 6.07) is 5.48. The molecule has 2 fully saturated rings. The molecule has 2 N–H and O–H groups in total. The van der Waals surface area contributed by atoms with Crippen molar-refractivity contribution >= 4 is 40.7 Å². The van der Waals surface area contributed by atoms with E-state index in [4.69, 9.17) is 17.3 Å². The topological polar surface area (TPSA) is 86.9 Å². The normalized spacial score (nSPS) is 20.6. The minimum atomic E-state index is -0.455. The lowest BCUT2D eigenvalue weighted by Crippen LogP contribution is -2.48. The number of halogens is 1. The Bertz CT molecular complexity index is 731. The smallest absolute Gasteiger partial charge is 0.227 e. The van der Waals surface area contributed by atoms with Crippen LogP contribution >= 0.6 is 11.6 Å². The van der Waals surface area contributed by atoms with Gasteiger partial charge in [-0.25, -0.2) is 0 Å². The first-order valence-corrected chi connectivity index (χ1v) is 9.20. The van der Waals surface area contributed by atoms with E-state index in [1.54, 1.807) is 11.0 Å². The fourth-order valence-corrected chi connectivity index (χ4v) is 3.78. The molecule has 0 radical (unpaired) electrons. The fraction of sp³-hybridized carbons (Fsp3) is 0.500. The van der Waals surface area contributed by atoms with E-state index in [1.807, 2.05) is 24.0 Å². The third-order valence-electron chi connectivity index (χ3n) is 5.05. The molecule has 1 atom stereocenters. The van der Waals surface area contributed by atoms with E-state index >= 15 is 0 Å². The van der Waals surface area contributed by atoms with E-state index in [-0.39, 0.29) is 18.2 Å². The third kappa shape index (κ3) is 3.62. The van der Waals surface area contributed by atoms with Crippen LogP contribution < -0.4 is 15.5 Å². The van der Waals surface area contributed by atoms with E-state index in [9.17, 15) is 14.4 Å². The maximum atomic E-state index is 12.1. The van der Waals surface area contributed by atoms with Crippen LogP contribution in [0.1, 0.15) is 19.8 Å². The van der Waals surface area contributed by atoms with E-state index in [2.05, 4.69) is 4.90 Å². The number of rotatable bonds is 4. The molecule has 2 aliphatic heterocycles. The summed E-state index contributed by atoms with van der Waals surface area (Å²) in [5.74, 6) is -0.861. The van der Waals surface area contributed by atoms with Gasteiger partial charge in [-0.1, -0.05) is 18.5 Å². The van der Waals surface area contributed by atoms with Gasteiger partial charge in [-0.3, -0.25) is 14.4 Å². The maximum absolute atomic E-state index is 12.1. The predicted octanol–water partition coefficient (Wildman–Crippen LogP) is 1.24. The van der Waals surface area contributed by atoms with Gasteiger partial charge < -0.3 is 20.4 Å². The molecule has 2 saturated heterocycles. The van der Waals surface area contributed by atoms with Gasteiger partial charge in [0.2, 0.25) is 17.7 Å². The van der Waals surface area contributed by atoms with E-state index < -0.39 is 11.8 Å². The minimum Gasteiger partial charge on any atom is -0.369 e. The van der Waals surface area contributed by atoms with Crippen molar-refractivity contribution in [1.29, 1.82) is 0 Å². The van der Waals surface area contributed by atoms with Crippen LogP contribution in [-0.2, 0) is 14.4 Å². The van der Waals surface area contributed by atoms with Crippen molar-refractivity contribution < 1.29 is 14.4 Å². The summed E-state index contributed by atoms with van der Waals surface area (Å²) in [6.07, 6.45) is 0.660. The van der Waals surface area contributed by atoms with Crippen LogP contribution in [0.15, 0.2) is 18.2 Å². The lowest BCUT2D eigenvalue weighted by atomic mass is 10.1. The molecule has 0 spiro atoms. The second kappa shape index (κ2) is 7.53. The highest BCUT2D eigenvalue weighted by molar-refractivity contribution is 6.33. The van der Waals surface area contributed by atoms with Crippen LogP contribution in [0, 0.1) is 5.92 Å². The molecule has 7 nitrogen and oxygen atoms in total. The van der Waals surface area contributed by atoms with Crippen LogP contribution in [0.5, 0.6) is 0 Å². The van der Waals surface area contributed by atoms with Gasteiger partial charge in [0.25, 0.3) is 0 Å². The Morgan fingerprint density at radius 2 is 1.92 bits per heavy atom. The average Bonchev–Trinajstić information content (AvgIpc) is 3.03. The third-order valence-corrected chi connectivity index (χ3v) is 5.35. The molecule has 0 unspecified atom stereocenters. The minimum absolute atomic E-state index is 0.121. The number of hydrogen-bond donors (Lipinski definition) is 1. The molecule has 3 rings (SSSR count). The van der Waals surface area contributed by atoms with E-state index in [0.29, 0.717) is 36.8 Å². The van der Waals surface area contributed by atoms with Gasteiger partial charge in [-0.05, 0) is 18.2 Å². The number of carbonyl (C=O) groups excluding carboxylic acids is 3. The number of amides is 3. The molecular weight excluding hydrogens is 356 g/mol. The largest absolute Gasteiger partial charge is 0.369 e. The van der Waals surface area contributed by atoms with Crippen molar-refractivity contribution in [2.75, 3.05) is 42.5 Å². The van der Waals surface area contributed by atoms with Gasteiger partial charge in [-0.15, -0.1) is 0 Å². The van der Waals surface area contributed by atoms with Crippen molar-refractivity contribution in [1.82, 2.24) is 4.90 Å². The zero-order chi connectivity index (χ0) is 18.8. The number of hydrogen-bond acceptors (Lipinski definition) is 4. The molecule has 0 aliphatic carbocycles. The molecular formula is C18H23ClN4O3. The number of nitrogens with two attached hydrogens (primary N) is 1. The van der Waals surface area contributed by atoms with E-state index in [0.717, 1.165) is 18.8 Å². The number of benzene rings is 1. The van der Waals surface area contributed by atoms with Crippen molar-refractivity contribution in [3.8, 4) is 0 Å². The number of carbonyl (C=O) groups is 3. The van der Waals surface area contributed by atoms with Gasteiger partial charge in [0.15, 0.2) is 0 Å². The molecule has 140 valence electrons. The van der Waals surface area contributed by atoms with Crippen LogP contribution in [0.4, 0.5) is 11.4 Å². The molecule has 26 heavy (non-hydrogen) atoms. The molecule has 0 saturated carbocycles. The second-order valence-electron chi connectivity index (χ2n) is 6.66. The first-order chi connectivity index (χ1) is 12.4. The number of nitrogens with zero attached hydrogens (tertiary/aromatic N) is 3. The lowest BCUT2D eigenvalue weighted by molar-refractivity contribution is -0.131. The average molecular weight is 379 g/mol. The zero-order valence-electron chi connectivity index (χ0n) is 14.8. The second-order valence-corrected chi connectivity index (χ2v) is 7.07. The number of piperazine rings is 1. The zero-order valence-corrected chi connectivity index (χ0v) is 15.5. The number of primary amides is 1. The molecule has 0 bridgehead atoms. The molecule has 1 aromatic rings. The Morgan fingerprint density at radius 3 is 2.46 bits per heavy atom. The predicted molar refractivity (Wildman–Crippen MR) is 100 cm³/mol. The summed E-state index contributed by atoms with van der Waals surface area (Å²) in [5, 5.41) is 0.549. The lowest BCUT2D eigenvalue weighted by Gasteiger charge is -2.36. The molecule has 8 heteroatoms. The van der Waals surface area contributed by atoms with Gasteiger partial charge in [0.05, 0.1) is 16.6 Å². The van der Waals surface area contributed by atoms with Crippen molar-refractivity contribution in [3.05, 3.63) is 23.2 Å². The van der Waals surface area contributed by atoms with Crippen molar-refractivity contribution in [2.45, 2.75) is 19.8 Å². The monoisotopic (exact) mass is 378 g/mol. The summed E-state index contributed by atoms with van der Waals surface area (Å²) in [5.41, 5.74) is 6.88. The molecule has 0 aromatic heterocycles. The van der Waals surface area contributed by atoms with E-state index in [1.165, 1.54) is 0 Å². The first kappa shape index (κ1) is 18.5. The van der Waals surface area contributed by atoms with Gasteiger partial charge in [0, 0.05) is 51.3 Å². The molecule has 2 heterocycles. The molecule has 1 aromatic carbocycles. The van der Waals surface area contributed by atoms with Gasteiger partial charge >= 0.3 is 0 Å². The molecule has 3 amide bonds. The van der Waals surface area contributed by atoms with Crippen LogP contribution in [0.25, 0.3) is 0 Å². The van der Waals surface area contributed by atoms with Crippen molar-refractivity contribution in [3.63, 3.8) is 0 Å². The Hall–Kier alpha value is -2.28. The standard InChI is InChI=1S/C18H23ClN4O3/c1-2-16(24)22-7-5-21(6-8-22)15-4-3-13(10-14(15)19)23-11-12(18(20)26)9-17(23)25/h3-4,10,12H,2,5-9,11H2,1H3,(H2,20,26)/t12-/m0/s1. The summed E-state index contributed by atoms with van der Waals surface area (Å²) < 4.78 is 0. The fourth-order valence-electron chi connectivity index (χ4n) is 3.49.